The standard InChI is InChI=1S/C12H24N2O2/c1-10-4-3-6-12(16,8-10)9-14-11(15)5-7-13-2/h10,13,16H,3-9H2,1-2H3,(H,14,15). The number of hydrogen-bond acceptors (Lipinski definition) is 3. The fourth-order valence-electron chi connectivity index (χ4n) is 2.38. The van der Waals surface area contributed by atoms with E-state index >= 15 is 0 Å². The van der Waals surface area contributed by atoms with Crippen LogP contribution in [0.2, 0.25) is 0 Å². The van der Waals surface area contributed by atoms with E-state index in [0.29, 0.717) is 25.4 Å². The third-order valence-electron chi connectivity index (χ3n) is 3.28. The van der Waals surface area contributed by atoms with Gasteiger partial charge in [0.2, 0.25) is 5.91 Å². The lowest BCUT2D eigenvalue weighted by Crippen LogP contribution is -2.46. The highest BCUT2D eigenvalue weighted by atomic mass is 16.3. The van der Waals surface area contributed by atoms with Gasteiger partial charge in [0.05, 0.1) is 5.60 Å². The van der Waals surface area contributed by atoms with Crippen LogP contribution in [0.15, 0.2) is 0 Å². The molecule has 1 fully saturated rings. The third kappa shape index (κ3) is 4.49. The Bertz CT molecular complexity index is 233. The smallest absolute Gasteiger partial charge is 0.221 e. The zero-order valence-electron chi connectivity index (χ0n) is 10.4. The first-order valence-electron chi connectivity index (χ1n) is 6.19. The second-order valence-corrected chi connectivity index (χ2v) is 5.06. The topological polar surface area (TPSA) is 61.4 Å². The Labute approximate surface area is 97.8 Å². The van der Waals surface area contributed by atoms with Crippen LogP contribution < -0.4 is 10.6 Å². The van der Waals surface area contributed by atoms with Crippen molar-refractivity contribution in [1.82, 2.24) is 10.6 Å². The van der Waals surface area contributed by atoms with Gasteiger partial charge in [-0.2, -0.15) is 0 Å². The van der Waals surface area contributed by atoms with Crippen LogP contribution in [0.25, 0.3) is 0 Å². The van der Waals surface area contributed by atoms with E-state index < -0.39 is 5.60 Å². The van der Waals surface area contributed by atoms with Crippen molar-refractivity contribution in [3.8, 4) is 0 Å². The molecule has 0 bridgehead atoms. The Hall–Kier alpha value is -0.610. The molecule has 94 valence electrons. The number of amides is 1. The molecular formula is C12H24N2O2. The molecule has 0 aromatic rings. The zero-order chi connectivity index (χ0) is 12.0. The SMILES string of the molecule is CNCCC(=O)NCC1(O)CCCC(C)C1. The molecule has 1 aliphatic carbocycles. The van der Waals surface area contributed by atoms with E-state index in [9.17, 15) is 9.90 Å². The van der Waals surface area contributed by atoms with Gasteiger partial charge in [-0.15, -0.1) is 0 Å². The van der Waals surface area contributed by atoms with Crippen LogP contribution in [-0.2, 0) is 4.79 Å². The summed E-state index contributed by atoms with van der Waals surface area (Å²) in [4.78, 5) is 11.4. The van der Waals surface area contributed by atoms with Gasteiger partial charge in [-0.05, 0) is 25.8 Å². The van der Waals surface area contributed by atoms with Crippen molar-refractivity contribution < 1.29 is 9.90 Å². The fourth-order valence-corrected chi connectivity index (χ4v) is 2.38. The molecule has 1 amide bonds. The maximum Gasteiger partial charge on any atom is 0.221 e. The Morgan fingerprint density at radius 1 is 1.56 bits per heavy atom. The van der Waals surface area contributed by atoms with Crippen LogP contribution in [0.4, 0.5) is 0 Å². The van der Waals surface area contributed by atoms with E-state index in [4.69, 9.17) is 0 Å². The van der Waals surface area contributed by atoms with Gasteiger partial charge in [-0.1, -0.05) is 19.8 Å². The first-order chi connectivity index (χ1) is 7.56. The number of hydrogen-bond donors (Lipinski definition) is 3. The van der Waals surface area contributed by atoms with E-state index in [-0.39, 0.29) is 5.91 Å². The molecule has 1 rings (SSSR count). The van der Waals surface area contributed by atoms with Crippen LogP contribution in [0, 0.1) is 5.92 Å². The maximum atomic E-state index is 11.4. The molecule has 0 aromatic carbocycles. The average molecular weight is 228 g/mol. The minimum atomic E-state index is -0.674. The molecule has 0 heterocycles. The Kier molecular flexibility index (Phi) is 5.22. The summed E-state index contributed by atoms with van der Waals surface area (Å²) in [6.07, 6.45) is 4.34. The molecule has 1 saturated carbocycles. The van der Waals surface area contributed by atoms with Crippen LogP contribution in [0.5, 0.6) is 0 Å². The first-order valence-corrected chi connectivity index (χ1v) is 6.19. The lowest BCUT2D eigenvalue weighted by molar-refractivity contribution is -0.122. The van der Waals surface area contributed by atoms with E-state index in [2.05, 4.69) is 17.6 Å². The van der Waals surface area contributed by atoms with Crippen LogP contribution in [-0.4, -0.2) is 36.8 Å². The molecule has 3 N–H and O–H groups in total. The number of carbonyl (C=O) groups is 1. The van der Waals surface area contributed by atoms with Gasteiger partial charge in [0.15, 0.2) is 0 Å². The van der Waals surface area contributed by atoms with Gasteiger partial charge in [-0.25, -0.2) is 0 Å². The van der Waals surface area contributed by atoms with Crippen LogP contribution in [0.3, 0.4) is 0 Å². The minimum absolute atomic E-state index is 0.0148. The summed E-state index contributed by atoms with van der Waals surface area (Å²) < 4.78 is 0. The third-order valence-corrected chi connectivity index (χ3v) is 3.28. The van der Waals surface area contributed by atoms with Gasteiger partial charge in [0.25, 0.3) is 0 Å². The van der Waals surface area contributed by atoms with Crippen molar-refractivity contribution >= 4 is 5.91 Å². The van der Waals surface area contributed by atoms with Gasteiger partial charge >= 0.3 is 0 Å². The summed E-state index contributed by atoms with van der Waals surface area (Å²) >= 11 is 0. The Morgan fingerprint density at radius 2 is 2.31 bits per heavy atom. The molecule has 2 unspecified atom stereocenters. The van der Waals surface area contributed by atoms with Gasteiger partial charge in [-0.3, -0.25) is 4.79 Å². The van der Waals surface area contributed by atoms with Crippen molar-refractivity contribution in [1.29, 1.82) is 0 Å². The molecule has 1 aliphatic rings. The lowest BCUT2D eigenvalue weighted by Gasteiger charge is -2.35. The predicted molar refractivity (Wildman–Crippen MR) is 64.1 cm³/mol. The van der Waals surface area contributed by atoms with Crippen LogP contribution >= 0.6 is 0 Å². The van der Waals surface area contributed by atoms with E-state index in [1.54, 1.807) is 0 Å². The molecule has 4 nitrogen and oxygen atoms in total. The second kappa shape index (κ2) is 6.21. The van der Waals surface area contributed by atoms with Gasteiger partial charge in [0, 0.05) is 19.5 Å². The predicted octanol–water partition coefficient (Wildman–Crippen LogP) is 0.653. The lowest BCUT2D eigenvalue weighted by atomic mass is 9.79. The van der Waals surface area contributed by atoms with Crippen molar-refractivity contribution in [2.24, 2.45) is 5.92 Å². The normalized spacial score (nSPS) is 30.1. The van der Waals surface area contributed by atoms with Gasteiger partial charge in [0.1, 0.15) is 0 Å². The summed E-state index contributed by atoms with van der Waals surface area (Å²) in [7, 11) is 1.82. The number of carbonyl (C=O) groups excluding carboxylic acids is 1. The summed E-state index contributed by atoms with van der Waals surface area (Å²) in [5, 5.41) is 16.0. The molecule has 0 aliphatic heterocycles. The summed E-state index contributed by atoms with van der Waals surface area (Å²) in [5.74, 6) is 0.578. The summed E-state index contributed by atoms with van der Waals surface area (Å²) in [5.41, 5.74) is -0.674. The van der Waals surface area contributed by atoms with E-state index in [1.165, 1.54) is 6.42 Å². The second-order valence-electron chi connectivity index (χ2n) is 5.06. The zero-order valence-corrected chi connectivity index (χ0v) is 10.4. The van der Waals surface area contributed by atoms with Crippen molar-refractivity contribution in [3.63, 3.8) is 0 Å². The molecule has 16 heavy (non-hydrogen) atoms. The van der Waals surface area contributed by atoms with E-state index in [0.717, 1.165) is 19.3 Å². The summed E-state index contributed by atoms with van der Waals surface area (Å²) in [6.45, 7) is 3.24. The fraction of sp³-hybridized carbons (Fsp3) is 0.917. The molecule has 0 aromatic heterocycles. The first kappa shape index (κ1) is 13.5. The molecule has 0 saturated heterocycles. The molecule has 2 atom stereocenters. The maximum absolute atomic E-state index is 11.4. The van der Waals surface area contributed by atoms with Crippen LogP contribution in [0.1, 0.15) is 39.0 Å². The molecular weight excluding hydrogens is 204 g/mol. The monoisotopic (exact) mass is 228 g/mol. The molecule has 0 radical (unpaired) electrons. The highest BCUT2D eigenvalue weighted by Crippen LogP contribution is 2.31. The quantitative estimate of drug-likeness (QED) is 0.647. The number of aliphatic hydroxyl groups is 1. The molecule has 0 spiro atoms. The highest BCUT2D eigenvalue weighted by Gasteiger charge is 2.32. The number of nitrogens with one attached hydrogen (secondary N) is 2. The highest BCUT2D eigenvalue weighted by molar-refractivity contribution is 5.76. The largest absolute Gasteiger partial charge is 0.388 e. The Balaban J connectivity index is 2.27. The minimum Gasteiger partial charge on any atom is -0.388 e. The average Bonchev–Trinajstić information content (AvgIpc) is 2.23. The van der Waals surface area contributed by atoms with E-state index in [1.807, 2.05) is 7.05 Å². The molecule has 4 heteroatoms. The van der Waals surface area contributed by atoms with Gasteiger partial charge < -0.3 is 15.7 Å². The Morgan fingerprint density at radius 3 is 2.94 bits per heavy atom. The van der Waals surface area contributed by atoms with Crippen molar-refractivity contribution in [3.05, 3.63) is 0 Å². The number of rotatable bonds is 5. The van der Waals surface area contributed by atoms with Crippen molar-refractivity contribution in [2.75, 3.05) is 20.1 Å². The summed E-state index contributed by atoms with van der Waals surface area (Å²) in [6, 6.07) is 0. The van der Waals surface area contributed by atoms with Crippen molar-refractivity contribution in [2.45, 2.75) is 44.6 Å².